The third-order valence-electron chi connectivity index (χ3n) is 3.01. The highest BCUT2D eigenvalue weighted by atomic mass is 16.5. The number of ketones is 1. The quantitative estimate of drug-likeness (QED) is 0.760. The van der Waals surface area contributed by atoms with Crippen LogP contribution >= 0.6 is 0 Å². The maximum absolute atomic E-state index is 12.2. The Morgan fingerprint density at radius 1 is 1.44 bits per heavy atom. The molecule has 4 heteroatoms. The number of likely N-dealkylation sites (N-methyl/N-ethyl adjacent to an activating group) is 1. The summed E-state index contributed by atoms with van der Waals surface area (Å²) in [5.41, 5.74) is 0.679. The number of ether oxygens (including phenoxy) is 2. The van der Waals surface area contributed by atoms with E-state index in [1.807, 2.05) is 26.1 Å². The predicted molar refractivity (Wildman–Crippen MR) is 69.2 cm³/mol. The maximum atomic E-state index is 12.2. The lowest BCUT2D eigenvalue weighted by molar-refractivity contribution is -0.00862. The number of nitrogens with zero attached hydrogens (tertiary/aromatic N) is 1. The van der Waals surface area contributed by atoms with E-state index in [0.29, 0.717) is 25.3 Å². The molecule has 0 spiro atoms. The second-order valence-corrected chi connectivity index (χ2v) is 4.44. The highest BCUT2D eigenvalue weighted by Gasteiger charge is 2.25. The van der Waals surface area contributed by atoms with Gasteiger partial charge in [0.25, 0.3) is 0 Å². The maximum Gasteiger partial charge on any atom is 0.192 e. The number of hydrogen-bond acceptors (Lipinski definition) is 4. The van der Waals surface area contributed by atoms with Crippen molar-refractivity contribution in [3.05, 3.63) is 29.8 Å². The Morgan fingerprint density at radius 2 is 2.17 bits per heavy atom. The molecule has 1 aromatic rings. The van der Waals surface area contributed by atoms with Crippen molar-refractivity contribution in [2.45, 2.75) is 13.0 Å². The summed E-state index contributed by atoms with van der Waals surface area (Å²) in [6, 6.07) is 7.24. The van der Waals surface area contributed by atoms with E-state index in [4.69, 9.17) is 9.47 Å². The molecule has 1 saturated heterocycles. The molecule has 1 unspecified atom stereocenters. The van der Waals surface area contributed by atoms with Gasteiger partial charge in [0.05, 0.1) is 13.2 Å². The van der Waals surface area contributed by atoms with Crippen LogP contribution < -0.4 is 4.74 Å². The van der Waals surface area contributed by atoms with Gasteiger partial charge in [0.15, 0.2) is 5.78 Å². The van der Waals surface area contributed by atoms with E-state index in [1.54, 1.807) is 12.1 Å². The summed E-state index contributed by atoms with van der Waals surface area (Å²) >= 11 is 0. The molecule has 2 rings (SSSR count). The second-order valence-electron chi connectivity index (χ2n) is 4.44. The van der Waals surface area contributed by atoms with E-state index in [2.05, 4.69) is 4.90 Å². The van der Waals surface area contributed by atoms with Gasteiger partial charge >= 0.3 is 0 Å². The number of carbonyl (C=O) groups excluding carboxylic acids is 1. The van der Waals surface area contributed by atoms with Crippen LogP contribution in [-0.2, 0) is 4.74 Å². The average molecular weight is 249 g/mol. The van der Waals surface area contributed by atoms with E-state index >= 15 is 0 Å². The Bertz CT molecular complexity index is 402. The van der Waals surface area contributed by atoms with Gasteiger partial charge in [0, 0.05) is 18.7 Å². The molecular formula is C14H19NO3. The molecule has 1 aliphatic rings. The highest BCUT2D eigenvalue weighted by molar-refractivity contribution is 5.99. The van der Waals surface area contributed by atoms with Crippen LogP contribution in [0, 0.1) is 0 Å². The van der Waals surface area contributed by atoms with Gasteiger partial charge < -0.3 is 14.4 Å². The molecule has 0 aromatic heterocycles. The average Bonchev–Trinajstić information content (AvgIpc) is 2.39. The van der Waals surface area contributed by atoms with Crippen LogP contribution in [0.3, 0.4) is 0 Å². The van der Waals surface area contributed by atoms with Crippen molar-refractivity contribution in [3.8, 4) is 5.75 Å². The van der Waals surface area contributed by atoms with Gasteiger partial charge in [-0.1, -0.05) is 0 Å². The summed E-state index contributed by atoms with van der Waals surface area (Å²) in [5.74, 6) is 0.834. The Kier molecular flexibility index (Phi) is 4.33. The zero-order chi connectivity index (χ0) is 13.0. The third-order valence-corrected chi connectivity index (χ3v) is 3.01. The molecule has 1 aromatic carbocycles. The number of hydrogen-bond donors (Lipinski definition) is 0. The largest absolute Gasteiger partial charge is 0.494 e. The van der Waals surface area contributed by atoms with E-state index in [0.717, 1.165) is 12.3 Å². The SMILES string of the molecule is CCOc1ccc(C(=O)C2CN(C)CCO2)cc1. The van der Waals surface area contributed by atoms with E-state index < -0.39 is 0 Å². The standard InChI is InChI=1S/C14H19NO3/c1-3-17-12-6-4-11(5-7-12)14(16)13-10-15(2)8-9-18-13/h4-7,13H,3,8-10H2,1-2H3. The minimum absolute atomic E-state index is 0.0459. The Morgan fingerprint density at radius 3 is 2.78 bits per heavy atom. The van der Waals surface area contributed by atoms with Crippen LogP contribution in [0.25, 0.3) is 0 Å². The molecule has 4 nitrogen and oxygen atoms in total. The number of carbonyl (C=O) groups is 1. The van der Waals surface area contributed by atoms with Gasteiger partial charge in [0.2, 0.25) is 0 Å². The van der Waals surface area contributed by atoms with Crippen molar-refractivity contribution in [2.75, 3.05) is 33.4 Å². The van der Waals surface area contributed by atoms with Crippen LogP contribution in [0.4, 0.5) is 0 Å². The second kappa shape index (κ2) is 5.98. The number of Topliss-reactive ketones (excluding diaryl/α,β-unsaturated/α-hetero) is 1. The van der Waals surface area contributed by atoms with Crippen molar-refractivity contribution >= 4 is 5.78 Å². The predicted octanol–water partition coefficient (Wildman–Crippen LogP) is 1.60. The molecule has 0 bridgehead atoms. The molecule has 98 valence electrons. The molecule has 0 amide bonds. The summed E-state index contributed by atoms with van der Waals surface area (Å²) in [7, 11) is 2.00. The third kappa shape index (κ3) is 3.09. The monoisotopic (exact) mass is 249 g/mol. The van der Waals surface area contributed by atoms with Crippen molar-refractivity contribution in [2.24, 2.45) is 0 Å². The summed E-state index contributed by atoms with van der Waals surface area (Å²) in [5, 5.41) is 0. The molecule has 0 radical (unpaired) electrons. The van der Waals surface area contributed by atoms with Crippen LogP contribution in [0.5, 0.6) is 5.75 Å². The van der Waals surface area contributed by atoms with Gasteiger partial charge in [-0.15, -0.1) is 0 Å². The summed E-state index contributed by atoms with van der Waals surface area (Å²) < 4.78 is 10.9. The van der Waals surface area contributed by atoms with E-state index in [-0.39, 0.29) is 11.9 Å². The first kappa shape index (κ1) is 13.1. The van der Waals surface area contributed by atoms with Crippen molar-refractivity contribution in [3.63, 3.8) is 0 Å². The Hall–Kier alpha value is -1.39. The van der Waals surface area contributed by atoms with Crippen molar-refractivity contribution in [1.29, 1.82) is 0 Å². The van der Waals surface area contributed by atoms with Gasteiger partial charge in [0.1, 0.15) is 11.9 Å². The lowest BCUT2D eigenvalue weighted by Gasteiger charge is -2.29. The Balaban J connectivity index is 2.03. The minimum Gasteiger partial charge on any atom is -0.494 e. The fraction of sp³-hybridized carbons (Fsp3) is 0.500. The molecule has 0 N–H and O–H groups in total. The minimum atomic E-state index is -0.346. The van der Waals surface area contributed by atoms with Gasteiger partial charge in [-0.2, -0.15) is 0 Å². The summed E-state index contributed by atoms with van der Waals surface area (Å²) in [6.07, 6.45) is -0.346. The van der Waals surface area contributed by atoms with Crippen LogP contribution in [0.2, 0.25) is 0 Å². The first-order chi connectivity index (χ1) is 8.70. The van der Waals surface area contributed by atoms with Gasteiger partial charge in [-0.3, -0.25) is 4.79 Å². The summed E-state index contributed by atoms with van der Waals surface area (Å²) in [4.78, 5) is 14.3. The molecule has 0 aliphatic carbocycles. The van der Waals surface area contributed by atoms with Gasteiger partial charge in [-0.25, -0.2) is 0 Å². The van der Waals surface area contributed by atoms with Crippen LogP contribution in [0.15, 0.2) is 24.3 Å². The fourth-order valence-corrected chi connectivity index (χ4v) is 2.00. The number of rotatable bonds is 4. The van der Waals surface area contributed by atoms with E-state index in [9.17, 15) is 4.79 Å². The molecule has 18 heavy (non-hydrogen) atoms. The topological polar surface area (TPSA) is 38.8 Å². The number of morpholine rings is 1. The lowest BCUT2D eigenvalue weighted by Crippen LogP contribution is -2.44. The highest BCUT2D eigenvalue weighted by Crippen LogP contribution is 2.15. The van der Waals surface area contributed by atoms with Crippen molar-refractivity contribution < 1.29 is 14.3 Å². The molecule has 1 aliphatic heterocycles. The zero-order valence-corrected chi connectivity index (χ0v) is 10.9. The molecule has 1 atom stereocenters. The van der Waals surface area contributed by atoms with E-state index in [1.165, 1.54) is 0 Å². The molecule has 0 saturated carbocycles. The van der Waals surface area contributed by atoms with Crippen LogP contribution in [0.1, 0.15) is 17.3 Å². The zero-order valence-electron chi connectivity index (χ0n) is 10.9. The Labute approximate surface area is 107 Å². The van der Waals surface area contributed by atoms with Crippen molar-refractivity contribution in [1.82, 2.24) is 4.90 Å². The molecule has 1 heterocycles. The van der Waals surface area contributed by atoms with Gasteiger partial charge in [-0.05, 0) is 38.2 Å². The molecule has 1 fully saturated rings. The number of benzene rings is 1. The van der Waals surface area contributed by atoms with Crippen LogP contribution in [-0.4, -0.2) is 50.1 Å². The fourth-order valence-electron chi connectivity index (χ4n) is 2.00. The first-order valence-electron chi connectivity index (χ1n) is 6.28. The normalized spacial score (nSPS) is 20.7. The lowest BCUT2D eigenvalue weighted by atomic mass is 10.0. The smallest absolute Gasteiger partial charge is 0.192 e. The summed E-state index contributed by atoms with van der Waals surface area (Å²) in [6.45, 7) is 4.72. The molecular weight excluding hydrogens is 230 g/mol. The first-order valence-corrected chi connectivity index (χ1v) is 6.28.